The van der Waals surface area contributed by atoms with Crippen molar-refractivity contribution in [2.24, 2.45) is 0 Å². The highest BCUT2D eigenvalue weighted by Gasteiger charge is 2.33. The van der Waals surface area contributed by atoms with Crippen LogP contribution in [0.2, 0.25) is 0 Å². The number of amides is 1. The molecule has 0 fully saturated rings. The van der Waals surface area contributed by atoms with E-state index in [0.29, 0.717) is 6.54 Å². The minimum absolute atomic E-state index is 0.0766. The quantitative estimate of drug-likeness (QED) is 0.759. The highest BCUT2D eigenvalue weighted by atomic mass is 32.1. The molecule has 1 aliphatic rings. The number of nitrogens with two attached hydrogens (primary N) is 1. The third-order valence-electron chi connectivity index (χ3n) is 5.10. The number of rotatable bonds is 7. The first-order chi connectivity index (χ1) is 12.2. The first kappa shape index (κ1) is 18.2. The summed E-state index contributed by atoms with van der Waals surface area (Å²) in [6.07, 6.45) is 4.65. The number of nitrogens with zero attached hydrogens (tertiary/aromatic N) is 1. The van der Waals surface area contributed by atoms with E-state index in [1.165, 1.54) is 40.8 Å². The van der Waals surface area contributed by atoms with E-state index in [4.69, 9.17) is 0 Å². The lowest BCUT2D eigenvalue weighted by Crippen LogP contribution is -2.86. The SMILES string of the molecule is CCCCC[NH2+]CC(=O)N1CCc2sccc2[C@@H]1c1ccccc1C. The first-order valence-corrected chi connectivity index (χ1v) is 10.3. The zero-order chi connectivity index (χ0) is 17.6. The molecule has 1 atom stereocenters. The smallest absolute Gasteiger partial charge is 0.278 e. The number of thiophene rings is 1. The van der Waals surface area contributed by atoms with Crippen LogP contribution in [0.1, 0.15) is 53.8 Å². The van der Waals surface area contributed by atoms with E-state index in [1.807, 2.05) is 11.3 Å². The monoisotopic (exact) mass is 357 g/mol. The van der Waals surface area contributed by atoms with Gasteiger partial charge in [0.25, 0.3) is 5.91 Å². The van der Waals surface area contributed by atoms with Crippen LogP contribution in [-0.4, -0.2) is 30.4 Å². The second-order valence-electron chi connectivity index (χ2n) is 6.88. The summed E-state index contributed by atoms with van der Waals surface area (Å²) in [5.74, 6) is 0.265. The molecule has 0 unspecified atom stereocenters. The fraction of sp³-hybridized carbons (Fsp3) is 0.476. The highest BCUT2D eigenvalue weighted by molar-refractivity contribution is 7.10. The fourth-order valence-corrected chi connectivity index (χ4v) is 4.60. The summed E-state index contributed by atoms with van der Waals surface area (Å²) in [6, 6.07) is 10.8. The molecule has 2 heterocycles. The number of hydrogen-bond acceptors (Lipinski definition) is 2. The van der Waals surface area contributed by atoms with Gasteiger partial charge in [0.1, 0.15) is 0 Å². The molecule has 3 rings (SSSR count). The van der Waals surface area contributed by atoms with Crippen molar-refractivity contribution in [2.75, 3.05) is 19.6 Å². The lowest BCUT2D eigenvalue weighted by atomic mass is 9.90. The van der Waals surface area contributed by atoms with Gasteiger partial charge in [-0.2, -0.15) is 0 Å². The van der Waals surface area contributed by atoms with Gasteiger partial charge in [-0.05, 0) is 54.3 Å². The number of aryl methyl sites for hydroxylation is 1. The van der Waals surface area contributed by atoms with Gasteiger partial charge in [-0.15, -0.1) is 11.3 Å². The number of fused-ring (bicyclic) bond motifs is 1. The normalized spacial score (nSPS) is 16.7. The van der Waals surface area contributed by atoms with Crippen molar-refractivity contribution in [2.45, 2.75) is 45.6 Å². The third-order valence-corrected chi connectivity index (χ3v) is 6.10. The summed E-state index contributed by atoms with van der Waals surface area (Å²) in [4.78, 5) is 16.5. The average molecular weight is 358 g/mol. The fourth-order valence-electron chi connectivity index (χ4n) is 3.70. The summed E-state index contributed by atoms with van der Waals surface area (Å²) in [5.41, 5.74) is 3.85. The van der Waals surface area contributed by atoms with Crippen molar-refractivity contribution >= 4 is 17.2 Å². The summed E-state index contributed by atoms with van der Waals surface area (Å²) >= 11 is 1.82. The molecule has 4 heteroatoms. The molecule has 1 aliphatic heterocycles. The zero-order valence-electron chi connectivity index (χ0n) is 15.3. The van der Waals surface area contributed by atoms with E-state index < -0.39 is 0 Å². The lowest BCUT2D eigenvalue weighted by Gasteiger charge is -2.36. The number of carbonyl (C=O) groups is 1. The van der Waals surface area contributed by atoms with Gasteiger partial charge in [-0.25, -0.2) is 0 Å². The number of benzene rings is 1. The Morgan fingerprint density at radius 1 is 1.24 bits per heavy atom. The molecule has 1 amide bonds. The van der Waals surface area contributed by atoms with E-state index in [-0.39, 0.29) is 11.9 Å². The van der Waals surface area contributed by atoms with Crippen molar-refractivity contribution in [3.63, 3.8) is 0 Å². The minimum Gasteiger partial charge on any atom is -0.338 e. The Hall–Kier alpha value is -1.65. The molecule has 0 spiro atoms. The van der Waals surface area contributed by atoms with Gasteiger partial charge in [0.2, 0.25) is 0 Å². The lowest BCUT2D eigenvalue weighted by molar-refractivity contribution is -0.645. The van der Waals surface area contributed by atoms with Crippen molar-refractivity contribution < 1.29 is 10.1 Å². The molecule has 134 valence electrons. The Morgan fingerprint density at radius 3 is 2.88 bits per heavy atom. The van der Waals surface area contributed by atoms with E-state index in [0.717, 1.165) is 19.5 Å². The van der Waals surface area contributed by atoms with Crippen LogP contribution < -0.4 is 5.32 Å². The van der Waals surface area contributed by atoms with Crippen molar-refractivity contribution in [3.8, 4) is 0 Å². The van der Waals surface area contributed by atoms with Gasteiger partial charge in [-0.1, -0.05) is 37.6 Å². The zero-order valence-corrected chi connectivity index (χ0v) is 16.1. The van der Waals surface area contributed by atoms with E-state index >= 15 is 0 Å². The maximum absolute atomic E-state index is 13.0. The first-order valence-electron chi connectivity index (χ1n) is 9.45. The standard InChI is InChI=1S/C21H28N2OS/c1-3-4-7-12-22-15-20(24)23-13-10-19-18(11-14-25-19)21(23)17-9-6-5-8-16(17)2/h5-6,8-9,11,14,21-22H,3-4,7,10,12-13,15H2,1-2H3/p+1/t21-/m0/s1. The van der Waals surface area contributed by atoms with Gasteiger partial charge in [0.05, 0.1) is 12.6 Å². The average Bonchev–Trinajstić information content (AvgIpc) is 3.10. The van der Waals surface area contributed by atoms with Crippen molar-refractivity contribution in [3.05, 3.63) is 57.3 Å². The molecule has 25 heavy (non-hydrogen) atoms. The Labute approximate surface area is 155 Å². The maximum Gasteiger partial charge on any atom is 0.278 e. The number of hydrogen-bond donors (Lipinski definition) is 1. The molecule has 0 saturated carbocycles. The van der Waals surface area contributed by atoms with Crippen LogP contribution in [0.15, 0.2) is 35.7 Å². The van der Waals surface area contributed by atoms with Crippen molar-refractivity contribution in [1.29, 1.82) is 0 Å². The Kier molecular flexibility index (Phi) is 6.27. The second kappa shape index (κ2) is 8.63. The van der Waals surface area contributed by atoms with Crippen LogP contribution in [-0.2, 0) is 11.2 Å². The van der Waals surface area contributed by atoms with Gasteiger partial charge in [-0.3, -0.25) is 4.79 Å². The van der Waals surface area contributed by atoms with Gasteiger partial charge >= 0.3 is 0 Å². The van der Waals surface area contributed by atoms with Gasteiger partial charge in [0, 0.05) is 11.4 Å². The third kappa shape index (κ3) is 4.13. The summed E-state index contributed by atoms with van der Waals surface area (Å²) < 4.78 is 0. The largest absolute Gasteiger partial charge is 0.338 e. The van der Waals surface area contributed by atoms with Crippen LogP contribution in [0, 0.1) is 6.92 Å². The molecule has 2 N–H and O–H groups in total. The Morgan fingerprint density at radius 2 is 2.08 bits per heavy atom. The molecule has 0 radical (unpaired) electrons. The van der Waals surface area contributed by atoms with Gasteiger partial charge < -0.3 is 10.2 Å². The van der Waals surface area contributed by atoms with Crippen LogP contribution in [0.3, 0.4) is 0 Å². The second-order valence-corrected chi connectivity index (χ2v) is 7.88. The molecular formula is C21H29N2OS+. The molecule has 2 aromatic rings. The predicted octanol–water partition coefficient (Wildman–Crippen LogP) is 3.28. The molecule has 1 aromatic heterocycles. The van der Waals surface area contributed by atoms with Crippen LogP contribution in [0.4, 0.5) is 0 Å². The van der Waals surface area contributed by atoms with E-state index in [2.05, 4.69) is 59.8 Å². The predicted molar refractivity (Wildman–Crippen MR) is 104 cm³/mol. The van der Waals surface area contributed by atoms with Gasteiger partial charge in [0.15, 0.2) is 6.54 Å². The Bertz CT molecular complexity index is 709. The molecular weight excluding hydrogens is 328 g/mol. The summed E-state index contributed by atoms with van der Waals surface area (Å²) in [5, 5.41) is 4.34. The van der Waals surface area contributed by atoms with E-state index in [9.17, 15) is 4.79 Å². The van der Waals surface area contributed by atoms with Crippen LogP contribution >= 0.6 is 11.3 Å². The highest BCUT2D eigenvalue weighted by Crippen LogP contribution is 2.38. The topological polar surface area (TPSA) is 36.9 Å². The van der Waals surface area contributed by atoms with E-state index in [1.54, 1.807) is 0 Å². The molecule has 3 nitrogen and oxygen atoms in total. The summed E-state index contributed by atoms with van der Waals surface area (Å²) in [7, 11) is 0. The number of carbonyl (C=O) groups excluding carboxylic acids is 1. The van der Waals surface area contributed by atoms with Crippen molar-refractivity contribution in [1.82, 2.24) is 4.90 Å². The molecule has 0 bridgehead atoms. The minimum atomic E-state index is 0.0766. The molecule has 0 saturated heterocycles. The van der Waals surface area contributed by atoms with Crippen LogP contribution in [0.25, 0.3) is 0 Å². The summed E-state index contributed by atoms with van der Waals surface area (Å²) in [6.45, 7) is 6.80. The molecule has 0 aliphatic carbocycles. The van der Waals surface area contributed by atoms with Crippen LogP contribution in [0.5, 0.6) is 0 Å². The molecule has 1 aromatic carbocycles. The number of quaternary nitrogens is 1. The number of unbranched alkanes of at least 4 members (excludes halogenated alkanes) is 2. The maximum atomic E-state index is 13.0. The Balaban J connectivity index is 1.78.